The average molecular weight is 2230 g/mol. The predicted molar refractivity (Wildman–Crippen MR) is 522 cm³/mol. The maximum atomic E-state index is 12.2. The quantitative estimate of drug-likeness (QED) is 0.0247. The largest absolute Gasteiger partial charge is 0.512 e. The number of benzene rings is 7. The summed E-state index contributed by atoms with van der Waals surface area (Å²) in [6, 6.07) is 62.4. The number of allylic oxidation sites excluding steroid dienone is 6. The van der Waals surface area contributed by atoms with E-state index in [1.165, 1.54) is 84.3 Å². The molecule has 685 valence electrons. The number of rotatable bonds is 28. The molecule has 3 aromatic heterocycles. The third-order valence-electron chi connectivity index (χ3n) is 25.5. The molecular weight excluding hydrogens is 2070 g/mol. The van der Waals surface area contributed by atoms with Crippen molar-refractivity contribution in [2.75, 3.05) is 0 Å². The van der Waals surface area contributed by atoms with E-state index < -0.39 is 0 Å². The van der Waals surface area contributed by atoms with E-state index in [0.717, 1.165) is 145 Å². The second-order valence-corrected chi connectivity index (χ2v) is 38.6. The molecule has 0 saturated heterocycles. The molecule has 0 atom stereocenters. The van der Waals surface area contributed by atoms with Crippen molar-refractivity contribution in [3.05, 3.63) is 256 Å². The number of carbonyl (C=O) groups excluding carboxylic acids is 3. The number of hydrogen-bond acceptors (Lipinski definition) is 9. The minimum Gasteiger partial charge on any atom is -0.512 e. The molecule has 0 aliphatic carbocycles. The summed E-state index contributed by atoms with van der Waals surface area (Å²) in [5.41, 5.74) is 20.6. The van der Waals surface area contributed by atoms with Crippen LogP contribution in [0.5, 0.6) is 0 Å². The fourth-order valence-corrected chi connectivity index (χ4v) is 14.3. The van der Waals surface area contributed by atoms with Crippen molar-refractivity contribution in [3.63, 3.8) is 0 Å². The van der Waals surface area contributed by atoms with Crippen LogP contribution < -0.4 is 0 Å². The first-order valence-electron chi connectivity index (χ1n) is 45.2. The normalized spacial score (nSPS) is 12.2. The number of aryl methyl sites for hydroxylation is 6. The Hall–Kier alpha value is -7.65. The summed E-state index contributed by atoms with van der Waals surface area (Å²) in [6.07, 6.45) is 17.6. The van der Waals surface area contributed by atoms with Crippen LogP contribution >= 0.6 is 0 Å². The summed E-state index contributed by atoms with van der Waals surface area (Å²) in [6.45, 7) is 64.3. The van der Waals surface area contributed by atoms with Crippen molar-refractivity contribution in [1.82, 2.24) is 15.0 Å². The number of aliphatic hydroxyl groups is 3. The molecule has 3 heterocycles. The van der Waals surface area contributed by atoms with Crippen LogP contribution in [0.3, 0.4) is 0 Å². The molecule has 0 unspecified atom stereocenters. The average Bonchev–Trinajstić information content (AvgIpc) is 0.800. The van der Waals surface area contributed by atoms with Gasteiger partial charge in [-0.1, -0.05) is 300 Å². The van der Waals surface area contributed by atoms with Gasteiger partial charge in [-0.2, -0.15) is 0 Å². The van der Waals surface area contributed by atoms with Gasteiger partial charge in [0.25, 0.3) is 0 Å². The van der Waals surface area contributed by atoms with E-state index in [1.54, 1.807) is 0 Å². The Kier molecular flexibility index (Phi) is 46.2. The van der Waals surface area contributed by atoms with Gasteiger partial charge in [-0.15, -0.1) is 105 Å². The molecule has 10 rings (SSSR count). The summed E-state index contributed by atoms with van der Waals surface area (Å²) >= 11 is 0. The van der Waals surface area contributed by atoms with Gasteiger partial charge in [0.2, 0.25) is 0 Å². The molecule has 0 spiro atoms. The number of pyridine rings is 3. The second-order valence-electron chi connectivity index (χ2n) is 38.6. The molecule has 125 heavy (non-hydrogen) atoms. The van der Waals surface area contributed by atoms with E-state index in [-0.39, 0.29) is 127 Å². The van der Waals surface area contributed by atoms with Crippen LogP contribution in [-0.2, 0) is 94.0 Å². The molecular formula is C113H152Ir3N3O6-3. The Balaban J connectivity index is 0.000000513. The molecule has 0 aliphatic heterocycles. The number of aromatic nitrogens is 3. The van der Waals surface area contributed by atoms with Gasteiger partial charge >= 0.3 is 0 Å². The van der Waals surface area contributed by atoms with Crippen LogP contribution in [0.15, 0.2) is 187 Å². The summed E-state index contributed by atoms with van der Waals surface area (Å²) in [7, 11) is 0. The van der Waals surface area contributed by atoms with Crippen molar-refractivity contribution in [2.24, 2.45) is 49.7 Å². The zero-order valence-electron chi connectivity index (χ0n) is 81.9. The molecule has 7 aromatic carbocycles. The van der Waals surface area contributed by atoms with Crippen LogP contribution in [0.1, 0.15) is 287 Å². The van der Waals surface area contributed by atoms with E-state index in [4.69, 9.17) is 9.97 Å². The zero-order chi connectivity index (χ0) is 91.6. The zero-order valence-corrected chi connectivity index (χ0v) is 89.1. The van der Waals surface area contributed by atoms with Crippen molar-refractivity contribution >= 4 is 49.9 Å². The number of fused-ring (bicyclic) bond motifs is 3. The fraction of sp³-hybridized carbons (Fsp3) is 0.469. The van der Waals surface area contributed by atoms with E-state index in [9.17, 15) is 29.7 Å². The van der Waals surface area contributed by atoms with Crippen molar-refractivity contribution in [1.29, 1.82) is 0 Å². The number of aliphatic hydroxyl groups excluding tert-OH is 3. The Morgan fingerprint density at radius 1 is 0.376 bits per heavy atom. The third kappa shape index (κ3) is 33.1. The molecule has 0 bridgehead atoms. The van der Waals surface area contributed by atoms with Gasteiger partial charge in [0.15, 0.2) is 17.3 Å². The molecule has 3 radical (unpaired) electrons. The summed E-state index contributed by atoms with van der Waals surface area (Å²) < 4.78 is 0. The molecule has 0 fully saturated rings. The van der Waals surface area contributed by atoms with E-state index >= 15 is 0 Å². The predicted octanol–water partition coefficient (Wildman–Crippen LogP) is 31.8. The Labute approximate surface area is 796 Å². The molecule has 0 saturated carbocycles. The molecule has 0 aliphatic rings. The van der Waals surface area contributed by atoms with Gasteiger partial charge in [-0.05, 0) is 181 Å². The van der Waals surface area contributed by atoms with E-state index in [2.05, 4.69) is 259 Å². The van der Waals surface area contributed by atoms with Crippen LogP contribution in [-0.4, -0.2) is 47.6 Å². The van der Waals surface area contributed by atoms with Crippen molar-refractivity contribution in [2.45, 2.75) is 298 Å². The van der Waals surface area contributed by atoms with Gasteiger partial charge in [0.05, 0.1) is 11.0 Å². The van der Waals surface area contributed by atoms with Crippen LogP contribution in [0.4, 0.5) is 0 Å². The van der Waals surface area contributed by atoms with Crippen molar-refractivity contribution in [3.8, 4) is 44.9 Å². The minimum atomic E-state index is -0.377. The summed E-state index contributed by atoms with van der Waals surface area (Å²) in [4.78, 5) is 50.7. The SMILES string of the molecule is CCC(C)(C)C(=O)C=C(O)C(C)(C)CC.CCC(C)(CC)C(=O)C=C(O)C(C)(CC)CC.CCC(C)(CC)C(=O)C=C(O)C(C)(CC)CC.Cc1[c-]c(-c2cc(CC(C)C)c3cc(-c4ccccc4)ccc3n2)cc(C)c1.Cc1[c-]c(-c2ccc3c(CC(C)C)cccc3n2)cc(C)c1.Cc1[c-]c(-c2nccc3cc(CC(C)(C)C)ccc23)cc(C)c1.[Ir].[Ir].[Ir]. The Morgan fingerprint density at radius 3 is 1.25 bits per heavy atom. The fourth-order valence-electron chi connectivity index (χ4n) is 14.3. The van der Waals surface area contributed by atoms with Crippen LogP contribution in [0, 0.1) is 109 Å². The first kappa shape index (κ1) is 113. The van der Waals surface area contributed by atoms with Crippen LogP contribution in [0.2, 0.25) is 0 Å². The topological polar surface area (TPSA) is 151 Å². The molecule has 9 nitrogen and oxygen atoms in total. The number of hydrogen-bond donors (Lipinski definition) is 3. The van der Waals surface area contributed by atoms with E-state index in [1.807, 2.05) is 131 Å². The first-order chi connectivity index (χ1) is 57.1. The maximum absolute atomic E-state index is 12.2. The molecule has 0 amide bonds. The number of ketones is 3. The Morgan fingerprint density at radius 2 is 0.800 bits per heavy atom. The number of carbonyl (C=O) groups is 3. The minimum absolute atomic E-state index is 0. The monoisotopic (exact) mass is 2230 g/mol. The second kappa shape index (κ2) is 50.9. The molecule has 12 heteroatoms. The third-order valence-corrected chi connectivity index (χ3v) is 25.5. The van der Waals surface area contributed by atoms with Gasteiger partial charge in [0, 0.05) is 128 Å². The first-order valence-corrected chi connectivity index (χ1v) is 45.2. The van der Waals surface area contributed by atoms with E-state index in [0.29, 0.717) is 17.3 Å². The number of nitrogens with zero attached hydrogens (tertiary/aromatic N) is 3. The maximum Gasteiger partial charge on any atom is 0.164 e. The molecule has 3 N–H and O–H groups in total. The van der Waals surface area contributed by atoms with Gasteiger partial charge in [-0.3, -0.25) is 24.4 Å². The summed E-state index contributed by atoms with van der Waals surface area (Å²) in [5, 5.41) is 35.1. The Bertz CT molecular complexity index is 5090. The van der Waals surface area contributed by atoms with Gasteiger partial charge < -0.3 is 20.3 Å². The van der Waals surface area contributed by atoms with Crippen LogP contribution in [0.25, 0.3) is 77.5 Å². The standard InChI is InChI=1S/C27H26N.C22H24N.C21H22N.2C15H28O2.C13H24O2.3Ir/c1-18(2)12-23-17-27(24-14-19(3)13-20(4)15-24)28-26-11-10-22(16-25(23)26)21-8-6-5-7-9-21;1-15-10-16(2)12-19(11-15)21-20-7-6-17(14-22(3,4)5)13-18(20)8-9-23-21;1-14(2)10-17-6-5-7-21-19(17)8-9-20(22-21)18-12-15(3)11-16(4)13-18;2*1-7-14(5,8-2)12(16)11-13(17)15(6,9-3)10-4;1-7-12(3,4)10(14)9-11(15)13(5,6)8-2;;;/h5-11,13-14,16-18H,12H2,1-4H3;6-11,13H,14H2,1-5H3;5-9,11-12,14H,10H2,1-4H3;2*11,16H,7-10H2,1-6H3;9,14H,7-8H2,1-6H3;;;/q3*-1;;;;;;. The molecule has 10 aromatic rings. The smallest absolute Gasteiger partial charge is 0.164 e. The summed E-state index contributed by atoms with van der Waals surface area (Å²) in [5.74, 6) is 2.00. The van der Waals surface area contributed by atoms with Crippen molar-refractivity contribution < 1.29 is 90.0 Å². The van der Waals surface area contributed by atoms with Gasteiger partial charge in [0.1, 0.15) is 17.3 Å². The van der Waals surface area contributed by atoms with Gasteiger partial charge in [-0.25, -0.2) is 0 Å².